The van der Waals surface area contributed by atoms with E-state index in [4.69, 9.17) is 16.3 Å². The standard InChI is InChI=1S/C10H12ClN3O2/c1-16-10-12-4-8(5-13-10)14-6-7(3-11)2-9(14)15/h4-5,7H,2-3,6H2,1H3. The number of rotatable bonds is 3. The summed E-state index contributed by atoms with van der Waals surface area (Å²) >= 11 is 5.74. The van der Waals surface area contributed by atoms with E-state index in [0.717, 1.165) is 0 Å². The van der Waals surface area contributed by atoms with Crippen LogP contribution in [0, 0.1) is 5.92 Å². The van der Waals surface area contributed by atoms with E-state index < -0.39 is 0 Å². The second kappa shape index (κ2) is 4.65. The predicted molar refractivity (Wildman–Crippen MR) is 59.8 cm³/mol. The smallest absolute Gasteiger partial charge is 0.316 e. The maximum Gasteiger partial charge on any atom is 0.316 e. The van der Waals surface area contributed by atoms with Crippen molar-refractivity contribution in [3.63, 3.8) is 0 Å². The van der Waals surface area contributed by atoms with Crippen molar-refractivity contribution in [2.45, 2.75) is 6.42 Å². The number of ether oxygens (including phenoxy) is 1. The van der Waals surface area contributed by atoms with Gasteiger partial charge >= 0.3 is 6.01 Å². The molecule has 0 spiro atoms. The highest BCUT2D eigenvalue weighted by atomic mass is 35.5. The summed E-state index contributed by atoms with van der Waals surface area (Å²) in [6.45, 7) is 0.637. The molecule has 0 N–H and O–H groups in total. The summed E-state index contributed by atoms with van der Waals surface area (Å²) in [6.07, 6.45) is 3.66. The lowest BCUT2D eigenvalue weighted by atomic mass is 10.1. The van der Waals surface area contributed by atoms with Crippen LogP contribution in [0.5, 0.6) is 6.01 Å². The van der Waals surface area contributed by atoms with E-state index in [2.05, 4.69) is 9.97 Å². The normalized spacial score (nSPS) is 20.2. The average molecular weight is 242 g/mol. The van der Waals surface area contributed by atoms with E-state index >= 15 is 0 Å². The number of alkyl halides is 1. The second-order valence-corrected chi connectivity index (χ2v) is 3.97. The van der Waals surface area contributed by atoms with Crippen LogP contribution in [-0.2, 0) is 4.79 Å². The molecular weight excluding hydrogens is 230 g/mol. The highest BCUT2D eigenvalue weighted by Crippen LogP contribution is 2.24. The van der Waals surface area contributed by atoms with E-state index in [-0.39, 0.29) is 11.8 Å². The van der Waals surface area contributed by atoms with Gasteiger partial charge in [-0.3, -0.25) is 4.79 Å². The second-order valence-electron chi connectivity index (χ2n) is 3.66. The molecule has 16 heavy (non-hydrogen) atoms. The fourth-order valence-electron chi connectivity index (χ4n) is 1.69. The van der Waals surface area contributed by atoms with Gasteiger partial charge in [-0.25, -0.2) is 9.97 Å². The topological polar surface area (TPSA) is 55.3 Å². The van der Waals surface area contributed by atoms with Gasteiger partial charge in [0.25, 0.3) is 0 Å². The third kappa shape index (κ3) is 2.09. The van der Waals surface area contributed by atoms with Crippen molar-refractivity contribution in [1.29, 1.82) is 0 Å². The number of aromatic nitrogens is 2. The molecule has 5 nitrogen and oxygen atoms in total. The summed E-state index contributed by atoms with van der Waals surface area (Å²) in [6, 6.07) is 0.296. The van der Waals surface area contributed by atoms with Crippen LogP contribution in [0.2, 0.25) is 0 Å². The molecule has 2 rings (SSSR count). The summed E-state index contributed by atoms with van der Waals surface area (Å²) in [5, 5.41) is 0. The summed E-state index contributed by atoms with van der Waals surface area (Å²) in [5.41, 5.74) is 0.693. The van der Waals surface area contributed by atoms with E-state index in [9.17, 15) is 4.79 Å². The van der Waals surface area contributed by atoms with Gasteiger partial charge < -0.3 is 9.64 Å². The minimum Gasteiger partial charge on any atom is -0.467 e. The van der Waals surface area contributed by atoms with Gasteiger partial charge in [-0.05, 0) is 5.92 Å². The first-order valence-electron chi connectivity index (χ1n) is 4.97. The minimum atomic E-state index is 0.0689. The Balaban J connectivity index is 2.15. The van der Waals surface area contributed by atoms with Crippen molar-refractivity contribution in [3.8, 4) is 6.01 Å². The number of methoxy groups -OCH3 is 1. The number of nitrogens with zero attached hydrogens (tertiary/aromatic N) is 3. The molecule has 1 aromatic rings. The van der Waals surface area contributed by atoms with Crippen LogP contribution in [0.1, 0.15) is 6.42 Å². The lowest BCUT2D eigenvalue weighted by Crippen LogP contribution is -2.24. The largest absolute Gasteiger partial charge is 0.467 e. The van der Waals surface area contributed by atoms with Crippen molar-refractivity contribution in [1.82, 2.24) is 9.97 Å². The third-order valence-electron chi connectivity index (χ3n) is 2.53. The SMILES string of the molecule is COc1ncc(N2CC(CCl)CC2=O)cn1. The number of halogens is 1. The van der Waals surface area contributed by atoms with Crippen LogP contribution in [0.4, 0.5) is 5.69 Å². The molecule has 0 radical (unpaired) electrons. The van der Waals surface area contributed by atoms with Crippen molar-refractivity contribution in [2.75, 3.05) is 24.4 Å². The van der Waals surface area contributed by atoms with Gasteiger partial charge in [0.05, 0.1) is 25.2 Å². The van der Waals surface area contributed by atoms with E-state index in [1.54, 1.807) is 17.3 Å². The summed E-state index contributed by atoms with van der Waals surface area (Å²) < 4.78 is 4.85. The number of carbonyl (C=O) groups is 1. The van der Waals surface area contributed by atoms with Gasteiger partial charge in [-0.1, -0.05) is 0 Å². The average Bonchev–Trinajstić information content (AvgIpc) is 2.71. The van der Waals surface area contributed by atoms with E-state index in [0.29, 0.717) is 30.5 Å². The molecule has 1 amide bonds. The van der Waals surface area contributed by atoms with E-state index in [1.165, 1.54) is 7.11 Å². The van der Waals surface area contributed by atoms with Crippen molar-refractivity contribution < 1.29 is 9.53 Å². The summed E-state index contributed by atoms with van der Waals surface area (Å²) in [4.78, 5) is 21.3. The Morgan fingerprint density at radius 2 is 2.25 bits per heavy atom. The molecule has 1 aliphatic heterocycles. The molecule has 1 aromatic heterocycles. The molecule has 0 aromatic carbocycles. The number of anilines is 1. The molecule has 1 fully saturated rings. The number of hydrogen-bond donors (Lipinski definition) is 0. The molecule has 1 unspecified atom stereocenters. The van der Waals surface area contributed by atoms with Crippen molar-refractivity contribution in [2.24, 2.45) is 5.92 Å². The fourth-order valence-corrected chi connectivity index (χ4v) is 1.90. The van der Waals surface area contributed by atoms with Gasteiger partial charge in [0.15, 0.2) is 0 Å². The van der Waals surface area contributed by atoms with Crippen LogP contribution < -0.4 is 9.64 Å². The maximum absolute atomic E-state index is 11.7. The highest BCUT2D eigenvalue weighted by molar-refractivity contribution is 6.18. The summed E-state index contributed by atoms with van der Waals surface area (Å²) in [5.74, 6) is 0.787. The highest BCUT2D eigenvalue weighted by Gasteiger charge is 2.30. The molecule has 1 saturated heterocycles. The molecule has 0 aliphatic carbocycles. The van der Waals surface area contributed by atoms with Crippen molar-refractivity contribution >= 4 is 23.2 Å². The number of carbonyl (C=O) groups excluding carboxylic acids is 1. The molecule has 0 bridgehead atoms. The van der Waals surface area contributed by atoms with Crippen molar-refractivity contribution in [3.05, 3.63) is 12.4 Å². The number of hydrogen-bond acceptors (Lipinski definition) is 4. The Hall–Kier alpha value is -1.36. The first kappa shape index (κ1) is 11.1. The monoisotopic (exact) mass is 241 g/mol. The summed E-state index contributed by atoms with van der Waals surface area (Å²) in [7, 11) is 1.50. The van der Waals surface area contributed by atoms with E-state index in [1.807, 2.05) is 0 Å². The molecule has 1 aliphatic rings. The van der Waals surface area contributed by atoms with Crippen LogP contribution in [0.3, 0.4) is 0 Å². The zero-order valence-electron chi connectivity index (χ0n) is 8.89. The molecule has 6 heteroatoms. The van der Waals surface area contributed by atoms with Crippen LogP contribution in [-0.4, -0.2) is 35.4 Å². The van der Waals surface area contributed by atoms with Crippen LogP contribution in [0.25, 0.3) is 0 Å². The Kier molecular flexibility index (Phi) is 3.24. The van der Waals surface area contributed by atoms with Gasteiger partial charge in [-0.15, -0.1) is 11.6 Å². The van der Waals surface area contributed by atoms with Crippen LogP contribution in [0.15, 0.2) is 12.4 Å². The third-order valence-corrected chi connectivity index (χ3v) is 2.97. The maximum atomic E-state index is 11.7. The van der Waals surface area contributed by atoms with Gasteiger partial charge in [0.1, 0.15) is 0 Å². The lowest BCUT2D eigenvalue weighted by Gasteiger charge is -2.15. The quantitative estimate of drug-likeness (QED) is 0.743. The Morgan fingerprint density at radius 3 is 2.75 bits per heavy atom. The number of amides is 1. The fraction of sp³-hybridized carbons (Fsp3) is 0.500. The zero-order chi connectivity index (χ0) is 11.5. The Morgan fingerprint density at radius 1 is 1.56 bits per heavy atom. The van der Waals surface area contributed by atoms with Gasteiger partial charge in [-0.2, -0.15) is 0 Å². The lowest BCUT2D eigenvalue weighted by molar-refractivity contribution is -0.117. The molecular formula is C10H12ClN3O2. The molecule has 1 atom stereocenters. The zero-order valence-corrected chi connectivity index (χ0v) is 9.65. The molecule has 2 heterocycles. The predicted octanol–water partition coefficient (Wildman–Crippen LogP) is 1.08. The van der Waals surface area contributed by atoms with Gasteiger partial charge in [0, 0.05) is 18.8 Å². The van der Waals surface area contributed by atoms with Gasteiger partial charge in [0.2, 0.25) is 5.91 Å². The first-order chi connectivity index (χ1) is 7.74. The Labute approximate surface area is 98.4 Å². The Bertz CT molecular complexity index is 382. The molecule has 86 valence electrons. The van der Waals surface area contributed by atoms with Crippen LogP contribution >= 0.6 is 11.6 Å². The first-order valence-corrected chi connectivity index (χ1v) is 5.50. The molecule has 0 saturated carbocycles. The minimum absolute atomic E-state index is 0.0689.